The van der Waals surface area contributed by atoms with Crippen molar-refractivity contribution < 1.29 is 4.74 Å². The minimum absolute atomic E-state index is 0.186. The zero-order chi connectivity index (χ0) is 13.1. The highest BCUT2D eigenvalue weighted by Crippen LogP contribution is 2.32. The Kier molecular flexibility index (Phi) is 3.81. The van der Waals surface area contributed by atoms with E-state index in [4.69, 9.17) is 16.3 Å². The van der Waals surface area contributed by atoms with Gasteiger partial charge in [0.1, 0.15) is 5.15 Å². The second kappa shape index (κ2) is 5.72. The van der Waals surface area contributed by atoms with Crippen molar-refractivity contribution in [2.24, 2.45) is 0 Å². The molecule has 2 nitrogen and oxygen atoms in total. The van der Waals surface area contributed by atoms with E-state index in [-0.39, 0.29) is 6.10 Å². The second-order valence-electron chi connectivity index (χ2n) is 4.84. The third kappa shape index (κ3) is 2.96. The molecule has 1 unspecified atom stereocenters. The van der Waals surface area contributed by atoms with Crippen LogP contribution in [0.25, 0.3) is 0 Å². The van der Waals surface area contributed by atoms with Gasteiger partial charge >= 0.3 is 0 Å². The summed E-state index contributed by atoms with van der Waals surface area (Å²) < 4.78 is 6.03. The van der Waals surface area contributed by atoms with E-state index >= 15 is 0 Å². The Morgan fingerprint density at radius 1 is 1.16 bits per heavy atom. The molecule has 1 aromatic carbocycles. The van der Waals surface area contributed by atoms with Crippen molar-refractivity contribution in [1.82, 2.24) is 4.98 Å². The maximum atomic E-state index is 6.03. The standard InChI is InChI=1S/C16H16ClNO/c17-16-10-4-7-13(18-16)11-19-15-9-3-6-12-5-1-2-8-14(12)15/h1-2,4-5,7-8,10,15H,3,6,9,11H2. The van der Waals surface area contributed by atoms with E-state index in [2.05, 4.69) is 29.2 Å². The number of rotatable bonds is 3. The molecule has 0 radical (unpaired) electrons. The zero-order valence-electron chi connectivity index (χ0n) is 10.7. The van der Waals surface area contributed by atoms with Crippen LogP contribution in [0.5, 0.6) is 0 Å². The van der Waals surface area contributed by atoms with Crippen LogP contribution < -0.4 is 0 Å². The summed E-state index contributed by atoms with van der Waals surface area (Å²) in [6, 6.07) is 14.2. The smallest absolute Gasteiger partial charge is 0.129 e. The quantitative estimate of drug-likeness (QED) is 0.777. The fraction of sp³-hybridized carbons (Fsp3) is 0.312. The number of aryl methyl sites for hydroxylation is 1. The van der Waals surface area contributed by atoms with E-state index < -0.39 is 0 Å². The van der Waals surface area contributed by atoms with E-state index in [0.717, 1.165) is 18.5 Å². The van der Waals surface area contributed by atoms with Gasteiger partial charge in [0, 0.05) is 0 Å². The van der Waals surface area contributed by atoms with Gasteiger partial charge in [-0.15, -0.1) is 0 Å². The molecule has 0 N–H and O–H groups in total. The Balaban J connectivity index is 1.71. The Morgan fingerprint density at radius 2 is 2.05 bits per heavy atom. The van der Waals surface area contributed by atoms with E-state index in [1.807, 2.05) is 12.1 Å². The maximum absolute atomic E-state index is 6.03. The summed E-state index contributed by atoms with van der Waals surface area (Å²) in [5.41, 5.74) is 3.63. The lowest BCUT2D eigenvalue weighted by Gasteiger charge is -2.25. The molecule has 98 valence electrons. The molecule has 1 atom stereocenters. The molecule has 3 rings (SSSR count). The van der Waals surface area contributed by atoms with Crippen molar-refractivity contribution in [1.29, 1.82) is 0 Å². The van der Waals surface area contributed by atoms with Gasteiger partial charge in [-0.3, -0.25) is 0 Å². The van der Waals surface area contributed by atoms with Gasteiger partial charge < -0.3 is 4.74 Å². The zero-order valence-corrected chi connectivity index (χ0v) is 11.4. The van der Waals surface area contributed by atoms with Crippen molar-refractivity contribution in [3.8, 4) is 0 Å². The van der Waals surface area contributed by atoms with Gasteiger partial charge in [0.25, 0.3) is 0 Å². The van der Waals surface area contributed by atoms with Gasteiger partial charge in [-0.2, -0.15) is 0 Å². The highest BCUT2D eigenvalue weighted by atomic mass is 35.5. The number of hydrogen-bond donors (Lipinski definition) is 0. The van der Waals surface area contributed by atoms with E-state index in [0.29, 0.717) is 11.8 Å². The number of benzene rings is 1. The summed E-state index contributed by atoms with van der Waals surface area (Å²) in [5.74, 6) is 0. The Hall–Kier alpha value is -1.38. The summed E-state index contributed by atoms with van der Waals surface area (Å²) in [6.45, 7) is 0.513. The van der Waals surface area contributed by atoms with Crippen molar-refractivity contribution in [3.63, 3.8) is 0 Å². The number of aromatic nitrogens is 1. The number of hydrogen-bond acceptors (Lipinski definition) is 2. The van der Waals surface area contributed by atoms with Gasteiger partial charge in [0.2, 0.25) is 0 Å². The largest absolute Gasteiger partial charge is 0.367 e. The first-order valence-corrected chi connectivity index (χ1v) is 7.01. The van der Waals surface area contributed by atoms with Crippen LogP contribution in [0.2, 0.25) is 5.15 Å². The molecule has 0 spiro atoms. The van der Waals surface area contributed by atoms with Gasteiger partial charge in [-0.25, -0.2) is 4.98 Å². The van der Waals surface area contributed by atoms with Crippen LogP contribution >= 0.6 is 11.6 Å². The normalized spacial score (nSPS) is 18.1. The topological polar surface area (TPSA) is 22.1 Å². The fourth-order valence-corrected chi connectivity index (χ4v) is 2.78. The summed E-state index contributed by atoms with van der Waals surface area (Å²) in [5, 5.41) is 0.519. The van der Waals surface area contributed by atoms with Crippen molar-refractivity contribution in [3.05, 3.63) is 64.4 Å². The van der Waals surface area contributed by atoms with Gasteiger partial charge in [0.05, 0.1) is 18.4 Å². The lowest BCUT2D eigenvalue weighted by molar-refractivity contribution is 0.0265. The number of pyridine rings is 1. The molecular formula is C16H16ClNO. The molecule has 1 aliphatic rings. The summed E-state index contributed by atoms with van der Waals surface area (Å²) in [6.07, 6.45) is 3.61. The Labute approximate surface area is 118 Å². The average molecular weight is 274 g/mol. The SMILES string of the molecule is Clc1cccc(COC2CCCc3ccccc32)n1. The maximum Gasteiger partial charge on any atom is 0.129 e. The number of ether oxygens (including phenoxy) is 1. The van der Waals surface area contributed by atoms with Crippen LogP contribution in [-0.4, -0.2) is 4.98 Å². The fourth-order valence-electron chi connectivity index (χ4n) is 2.60. The molecule has 1 heterocycles. The van der Waals surface area contributed by atoms with E-state index in [9.17, 15) is 0 Å². The molecule has 1 aliphatic carbocycles. The Bertz CT molecular complexity index is 570. The lowest BCUT2D eigenvalue weighted by Crippen LogP contribution is -2.13. The first-order chi connectivity index (χ1) is 9.33. The molecule has 1 aromatic heterocycles. The predicted octanol–water partition coefficient (Wildman–Crippen LogP) is 4.33. The summed E-state index contributed by atoms with van der Waals surface area (Å²) in [4.78, 5) is 4.25. The van der Waals surface area contributed by atoms with Crippen LogP contribution in [0.3, 0.4) is 0 Å². The summed E-state index contributed by atoms with van der Waals surface area (Å²) in [7, 11) is 0. The van der Waals surface area contributed by atoms with E-state index in [1.54, 1.807) is 6.07 Å². The minimum atomic E-state index is 0.186. The van der Waals surface area contributed by atoms with Crippen LogP contribution in [0.1, 0.15) is 35.8 Å². The third-order valence-corrected chi connectivity index (χ3v) is 3.73. The number of fused-ring (bicyclic) bond motifs is 1. The molecule has 0 aliphatic heterocycles. The molecule has 0 saturated heterocycles. The molecule has 19 heavy (non-hydrogen) atoms. The molecule has 3 heteroatoms. The lowest BCUT2D eigenvalue weighted by atomic mass is 9.89. The molecule has 2 aromatic rings. The highest BCUT2D eigenvalue weighted by Gasteiger charge is 2.20. The number of halogens is 1. The first-order valence-electron chi connectivity index (χ1n) is 6.64. The second-order valence-corrected chi connectivity index (χ2v) is 5.23. The summed E-state index contributed by atoms with van der Waals surface area (Å²) >= 11 is 5.88. The number of nitrogens with zero attached hydrogens (tertiary/aromatic N) is 1. The molecular weight excluding hydrogens is 258 g/mol. The average Bonchev–Trinajstić information content (AvgIpc) is 2.45. The monoisotopic (exact) mass is 273 g/mol. The van der Waals surface area contributed by atoms with Crippen LogP contribution in [-0.2, 0) is 17.8 Å². The van der Waals surface area contributed by atoms with Crippen molar-refractivity contribution >= 4 is 11.6 Å². The van der Waals surface area contributed by atoms with Gasteiger partial charge in [-0.05, 0) is 42.5 Å². The Morgan fingerprint density at radius 3 is 2.95 bits per heavy atom. The van der Waals surface area contributed by atoms with E-state index in [1.165, 1.54) is 17.5 Å². The van der Waals surface area contributed by atoms with Crippen molar-refractivity contribution in [2.45, 2.75) is 32.0 Å². The molecule has 0 fully saturated rings. The third-order valence-electron chi connectivity index (χ3n) is 3.52. The molecule has 0 saturated carbocycles. The van der Waals surface area contributed by atoms with Crippen LogP contribution in [0.15, 0.2) is 42.5 Å². The van der Waals surface area contributed by atoms with Crippen molar-refractivity contribution in [2.75, 3.05) is 0 Å². The van der Waals surface area contributed by atoms with Gasteiger partial charge in [-0.1, -0.05) is 41.9 Å². The molecule has 0 bridgehead atoms. The molecule has 0 amide bonds. The highest BCUT2D eigenvalue weighted by molar-refractivity contribution is 6.29. The van der Waals surface area contributed by atoms with Crippen LogP contribution in [0, 0.1) is 0 Å². The minimum Gasteiger partial charge on any atom is -0.367 e. The first kappa shape index (κ1) is 12.6. The van der Waals surface area contributed by atoms with Gasteiger partial charge in [0.15, 0.2) is 0 Å². The predicted molar refractivity (Wildman–Crippen MR) is 76.2 cm³/mol. The van der Waals surface area contributed by atoms with Crippen LogP contribution in [0.4, 0.5) is 0 Å².